The Kier molecular flexibility index (Phi) is 5.64. The molecule has 0 heterocycles. The average molecular weight is 270 g/mol. The SMILES string of the molecule is Cc1cccc(C)c1[C@@H](N)[C@@H](O)C1CCCC1.Cl. The third-order valence-corrected chi connectivity index (χ3v) is 4.13. The van der Waals surface area contributed by atoms with Gasteiger partial charge in [-0.05, 0) is 49.3 Å². The Balaban J connectivity index is 0.00000162. The molecule has 102 valence electrons. The summed E-state index contributed by atoms with van der Waals surface area (Å²) in [5.74, 6) is 0.393. The minimum absolute atomic E-state index is 0. The molecule has 1 aromatic carbocycles. The number of aliphatic hydroxyl groups excluding tert-OH is 1. The van der Waals surface area contributed by atoms with Gasteiger partial charge in [-0.15, -0.1) is 12.4 Å². The van der Waals surface area contributed by atoms with Gasteiger partial charge >= 0.3 is 0 Å². The van der Waals surface area contributed by atoms with Crippen LogP contribution in [0.5, 0.6) is 0 Å². The first-order valence-electron chi connectivity index (χ1n) is 6.61. The number of hydrogen-bond donors (Lipinski definition) is 2. The van der Waals surface area contributed by atoms with E-state index in [1.807, 2.05) is 6.07 Å². The number of halogens is 1. The van der Waals surface area contributed by atoms with E-state index in [9.17, 15) is 5.11 Å². The van der Waals surface area contributed by atoms with E-state index < -0.39 is 6.10 Å². The number of benzene rings is 1. The number of hydrogen-bond acceptors (Lipinski definition) is 2. The lowest BCUT2D eigenvalue weighted by Crippen LogP contribution is -2.33. The van der Waals surface area contributed by atoms with Crippen LogP contribution < -0.4 is 5.73 Å². The molecule has 0 spiro atoms. The average Bonchev–Trinajstić information content (AvgIpc) is 2.81. The van der Waals surface area contributed by atoms with Gasteiger partial charge in [-0.3, -0.25) is 0 Å². The molecule has 0 saturated heterocycles. The van der Waals surface area contributed by atoms with Crippen molar-refractivity contribution in [2.75, 3.05) is 0 Å². The van der Waals surface area contributed by atoms with Crippen LogP contribution in [-0.2, 0) is 0 Å². The van der Waals surface area contributed by atoms with Gasteiger partial charge in [0.15, 0.2) is 0 Å². The van der Waals surface area contributed by atoms with Gasteiger partial charge in [0, 0.05) is 0 Å². The molecular weight excluding hydrogens is 246 g/mol. The van der Waals surface area contributed by atoms with Crippen molar-refractivity contribution in [3.63, 3.8) is 0 Å². The second kappa shape index (κ2) is 6.55. The summed E-state index contributed by atoms with van der Waals surface area (Å²) in [4.78, 5) is 0. The minimum atomic E-state index is -0.391. The summed E-state index contributed by atoms with van der Waals surface area (Å²) in [6.45, 7) is 4.15. The molecule has 18 heavy (non-hydrogen) atoms. The molecule has 2 rings (SSSR count). The van der Waals surface area contributed by atoms with Crippen LogP contribution >= 0.6 is 12.4 Å². The van der Waals surface area contributed by atoms with Gasteiger partial charge in [0.05, 0.1) is 12.1 Å². The van der Waals surface area contributed by atoms with Crippen LogP contribution in [0.3, 0.4) is 0 Å². The normalized spacial score (nSPS) is 19.3. The first kappa shape index (κ1) is 15.5. The van der Waals surface area contributed by atoms with Crippen LogP contribution in [0.25, 0.3) is 0 Å². The minimum Gasteiger partial charge on any atom is -0.391 e. The van der Waals surface area contributed by atoms with E-state index in [1.54, 1.807) is 0 Å². The van der Waals surface area contributed by atoms with Crippen molar-refractivity contribution >= 4 is 12.4 Å². The predicted octanol–water partition coefficient (Wildman–Crippen LogP) is 3.28. The Hall–Kier alpha value is -0.570. The molecule has 1 saturated carbocycles. The van der Waals surface area contributed by atoms with Gasteiger partial charge in [-0.2, -0.15) is 0 Å². The fourth-order valence-electron chi connectivity index (χ4n) is 3.12. The van der Waals surface area contributed by atoms with Crippen LogP contribution in [0.2, 0.25) is 0 Å². The van der Waals surface area contributed by atoms with Crippen LogP contribution in [-0.4, -0.2) is 11.2 Å². The number of rotatable bonds is 3. The van der Waals surface area contributed by atoms with E-state index in [1.165, 1.54) is 24.0 Å². The smallest absolute Gasteiger partial charge is 0.0761 e. The highest BCUT2D eigenvalue weighted by Crippen LogP contribution is 2.34. The highest BCUT2D eigenvalue weighted by molar-refractivity contribution is 5.85. The molecule has 1 aliphatic carbocycles. The molecule has 3 N–H and O–H groups in total. The van der Waals surface area contributed by atoms with Gasteiger partial charge in [0.25, 0.3) is 0 Å². The molecular formula is C15H24ClNO. The lowest BCUT2D eigenvalue weighted by molar-refractivity contribution is 0.0841. The fraction of sp³-hybridized carbons (Fsp3) is 0.600. The van der Waals surface area contributed by atoms with Crippen molar-refractivity contribution in [2.24, 2.45) is 11.7 Å². The third-order valence-electron chi connectivity index (χ3n) is 4.13. The Morgan fingerprint density at radius 1 is 1.17 bits per heavy atom. The molecule has 0 unspecified atom stereocenters. The standard InChI is InChI=1S/C15H23NO.ClH/c1-10-6-5-7-11(2)13(10)14(16)15(17)12-8-3-4-9-12;/h5-7,12,14-15,17H,3-4,8-9,16H2,1-2H3;1H/t14-,15+;/m1./s1. The summed E-state index contributed by atoms with van der Waals surface area (Å²) in [7, 11) is 0. The fourth-order valence-corrected chi connectivity index (χ4v) is 3.12. The van der Waals surface area contributed by atoms with E-state index in [-0.39, 0.29) is 18.4 Å². The number of aryl methyl sites for hydroxylation is 2. The van der Waals surface area contributed by atoms with Crippen LogP contribution in [0, 0.1) is 19.8 Å². The van der Waals surface area contributed by atoms with Crippen LogP contribution in [0.15, 0.2) is 18.2 Å². The van der Waals surface area contributed by atoms with Gasteiger partial charge in [-0.25, -0.2) is 0 Å². The molecule has 2 atom stereocenters. The quantitative estimate of drug-likeness (QED) is 0.885. The van der Waals surface area contributed by atoms with Gasteiger partial charge in [0.1, 0.15) is 0 Å². The number of aliphatic hydroxyl groups is 1. The van der Waals surface area contributed by atoms with Crippen LogP contribution in [0.1, 0.15) is 48.4 Å². The van der Waals surface area contributed by atoms with Crippen LogP contribution in [0.4, 0.5) is 0 Å². The van der Waals surface area contributed by atoms with Crippen molar-refractivity contribution in [3.8, 4) is 0 Å². The molecule has 0 bridgehead atoms. The molecule has 0 radical (unpaired) electrons. The maximum absolute atomic E-state index is 10.4. The van der Waals surface area contributed by atoms with E-state index >= 15 is 0 Å². The first-order chi connectivity index (χ1) is 8.11. The second-order valence-corrected chi connectivity index (χ2v) is 5.37. The molecule has 2 nitrogen and oxygen atoms in total. The van der Waals surface area contributed by atoms with Gasteiger partial charge < -0.3 is 10.8 Å². The van der Waals surface area contributed by atoms with Gasteiger partial charge in [-0.1, -0.05) is 31.0 Å². The zero-order valence-corrected chi connectivity index (χ0v) is 12.0. The predicted molar refractivity (Wildman–Crippen MR) is 78.1 cm³/mol. The molecule has 0 aliphatic heterocycles. The summed E-state index contributed by atoms with van der Waals surface area (Å²) in [6, 6.07) is 5.95. The summed E-state index contributed by atoms with van der Waals surface area (Å²) >= 11 is 0. The summed E-state index contributed by atoms with van der Waals surface area (Å²) in [5, 5.41) is 10.4. The number of nitrogens with two attached hydrogens (primary N) is 1. The molecule has 1 aromatic rings. The molecule has 0 amide bonds. The third kappa shape index (κ3) is 3.05. The summed E-state index contributed by atoms with van der Waals surface area (Å²) in [6.07, 6.45) is 4.33. The zero-order valence-electron chi connectivity index (χ0n) is 11.2. The van der Waals surface area contributed by atoms with Crippen molar-refractivity contribution < 1.29 is 5.11 Å². The largest absolute Gasteiger partial charge is 0.391 e. The van der Waals surface area contributed by atoms with Crippen molar-refractivity contribution in [1.82, 2.24) is 0 Å². The van der Waals surface area contributed by atoms with E-state index in [2.05, 4.69) is 26.0 Å². The zero-order chi connectivity index (χ0) is 12.4. The van der Waals surface area contributed by atoms with E-state index in [0.29, 0.717) is 5.92 Å². The van der Waals surface area contributed by atoms with E-state index in [4.69, 9.17) is 5.73 Å². The molecule has 1 aliphatic rings. The van der Waals surface area contributed by atoms with Crippen molar-refractivity contribution in [3.05, 3.63) is 34.9 Å². The Morgan fingerprint density at radius 3 is 2.17 bits per heavy atom. The lowest BCUT2D eigenvalue weighted by Gasteiger charge is -2.27. The monoisotopic (exact) mass is 269 g/mol. The molecule has 1 fully saturated rings. The summed E-state index contributed by atoms with van der Waals surface area (Å²) < 4.78 is 0. The molecule has 0 aromatic heterocycles. The van der Waals surface area contributed by atoms with E-state index in [0.717, 1.165) is 18.4 Å². The second-order valence-electron chi connectivity index (χ2n) is 5.37. The maximum atomic E-state index is 10.4. The maximum Gasteiger partial charge on any atom is 0.0761 e. The van der Waals surface area contributed by atoms with Gasteiger partial charge in [0.2, 0.25) is 0 Å². The summed E-state index contributed by atoms with van der Waals surface area (Å²) in [5.41, 5.74) is 9.78. The Morgan fingerprint density at radius 2 is 1.67 bits per heavy atom. The van der Waals surface area contributed by atoms with Crippen molar-refractivity contribution in [1.29, 1.82) is 0 Å². The highest BCUT2D eigenvalue weighted by atomic mass is 35.5. The Bertz CT molecular complexity index is 368. The van der Waals surface area contributed by atoms with Crippen molar-refractivity contribution in [2.45, 2.75) is 51.7 Å². The lowest BCUT2D eigenvalue weighted by atomic mass is 9.87. The first-order valence-corrected chi connectivity index (χ1v) is 6.61. The molecule has 3 heteroatoms. The highest BCUT2D eigenvalue weighted by Gasteiger charge is 2.29. The Labute approximate surface area is 116 Å². The topological polar surface area (TPSA) is 46.2 Å².